The Kier molecular flexibility index (Phi) is 5.06. The third-order valence-corrected chi connectivity index (χ3v) is 2.85. The van der Waals surface area contributed by atoms with Crippen molar-refractivity contribution in [2.75, 3.05) is 13.7 Å². The molecule has 0 aliphatic rings. The molecule has 2 atom stereocenters. The van der Waals surface area contributed by atoms with E-state index in [-0.39, 0.29) is 12.0 Å². The van der Waals surface area contributed by atoms with Crippen LogP contribution in [0.15, 0.2) is 18.2 Å². The van der Waals surface area contributed by atoms with Crippen LogP contribution in [0.3, 0.4) is 0 Å². The van der Waals surface area contributed by atoms with Gasteiger partial charge in [0.25, 0.3) is 0 Å². The Labute approximate surface area is 101 Å². The lowest BCUT2D eigenvalue weighted by Gasteiger charge is -2.17. The molecule has 3 N–H and O–H groups in total. The summed E-state index contributed by atoms with van der Waals surface area (Å²) in [6, 6.07) is 5.60. The van der Waals surface area contributed by atoms with Gasteiger partial charge in [-0.2, -0.15) is 0 Å². The van der Waals surface area contributed by atoms with Crippen LogP contribution in [0, 0.1) is 0 Å². The SMILES string of the molecule is COc1ccc(C(CN)CC(C)O)cc1Cl. The van der Waals surface area contributed by atoms with Gasteiger partial charge in [-0.15, -0.1) is 0 Å². The van der Waals surface area contributed by atoms with Gasteiger partial charge in [0.2, 0.25) is 0 Å². The quantitative estimate of drug-likeness (QED) is 0.833. The number of hydrogen-bond acceptors (Lipinski definition) is 3. The minimum Gasteiger partial charge on any atom is -0.495 e. The summed E-state index contributed by atoms with van der Waals surface area (Å²) >= 11 is 6.04. The van der Waals surface area contributed by atoms with E-state index in [2.05, 4.69) is 0 Å². The lowest BCUT2D eigenvalue weighted by molar-refractivity contribution is 0.175. The fraction of sp³-hybridized carbons (Fsp3) is 0.500. The van der Waals surface area contributed by atoms with E-state index in [1.807, 2.05) is 18.2 Å². The second-order valence-electron chi connectivity index (χ2n) is 3.91. The Balaban J connectivity index is 2.89. The summed E-state index contributed by atoms with van der Waals surface area (Å²) in [6.45, 7) is 2.25. The maximum Gasteiger partial charge on any atom is 0.137 e. The summed E-state index contributed by atoms with van der Waals surface area (Å²) in [4.78, 5) is 0. The maximum absolute atomic E-state index is 9.37. The van der Waals surface area contributed by atoms with Gasteiger partial charge in [0, 0.05) is 0 Å². The summed E-state index contributed by atoms with van der Waals surface area (Å²) in [5.41, 5.74) is 6.72. The van der Waals surface area contributed by atoms with Crippen molar-refractivity contribution in [2.45, 2.75) is 25.4 Å². The van der Waals surface area contributed by atoms with Crippen LogP contribution >= 0.6 is 11.6 Å². The molecule has 0 fully saturated rings. The molecule has 16 heavy (non-hydrogen) atoms. The molecule has 2 unspecified atom stereocenters. The van der Waals surface area contributed by atoms with Gasteiger partial charge in [0.1, 0.15) is 5.75 Å². The predicted octanol–water partition coefficient (Wildman–Crippen LogP) is 2.16. The average molecular weight is 244 g/mol. The molecule has 1 rings (SSSR count). The zero-order valence-electron chi connectivity index (χ0n) is 9.61. The second-order valence-corrected chi connectivity index (χ2v) is 4.32. The molecule has 0 aromatic heterocycles. The van der Waals surface area contributed by atoms with E-state index in [0.29, 0.717) is 23.7 Å². The highest BCUT2D eigenvalue weighted by atomic mass is 35.5. The number of aliphatic hydroxyl groups excluding tert-OH is 1. The average Bonchev–Trinajstić information content (AvgIpc) is 2.25. The summed E-state index contributed by atoms with van der Waals surface area (Å²) in [6.07, 6.45) is 0.272. The Morgan fingerprint density at radius 2 is 2.19 bits per heavy atom. The van der Waals surface area contributed by atoms with E-state index in [0.717, 1.165) is 5.56 Å². The van der Waals surface area contributed by atoms with Crippen LogP contribution in [0.25, 0.3) is 0 Å². The van der Waals surface area contributed by atoms with E-state index >= 15 is 0 Å². The number of hydrogen-bond donors (Lipinski definition) is 2. The van der Waals surface area contributed by atoms with E-state index < -0.39 is 0 Å². The molecule has 0 heterocycles. The minimum atomic E-state index is -0.366. The highest BCUT2D eigenvalue weighted by Crippen LogP contribution is 2.29. The predicted molar refractivity (Wildman–Crippen MR) is 66.1 cm³/mol. The molecule has 0 radical (unpaired) electrons. The number of ether oxygens (including phenoxy) is 1. The molecule has 1 aromatic rings. The monoisotopic (exact) mass is 243 g/mol. The van der Waals surface area contributed by atoms with Gasteiger partial charge in [0.15, 0.2) is 0 Å². The molecule has 0 saturated carbocycles. The number of rotatable bonds is 5. The van der Waals surface area contributed by atoms with Crippen LogP contribution in [0.2, 0.25) is 5.02 Å². The van der Waals surface area contributed by atoms with Gasteiger partial charge in [0.05, 0.1) is 18.2 Å². The lowest BCUT2D eigenvalue weighted by atomic mass is 9.93. The van der Waals surface area contributed by atoms with E-state index in [4.69, 9.17) is 22.1 Å². The topological polar surface area (TPSA) is 55.5 Å². The van der Waals surface area contributed by atoms with E-state index in [9.17, 15) is 5.11 Å². The van der Waals surface area contributed by atoms with Crippen molar-refractivity contribution in [2.24, 2.45) is 5.73 Å². The highest BCUT2D eigenvalue weighted by molar-refractivity contribution is 6.32. The van der Waals surface area contributed by atoms with E-state index in [1.54, 1.807) is 14.0 Å². The first-order chi connectivity index (χ1) is 7.58. The molecule has 0 amide bonds. The van der Waals surface area contributed by atoms with Gasteiger partial charge in [-0.3, -0.25) is 0 Å². The smallest absolute Gasteiger partial charge is 0.137 e. The van der Waals surface area contributed by atoms with Crippen LogP contribution in [-0.4, -0.2) is 24.9 Å². The fourth-order valence-electron chi connectivity index (χ4n) is 1.72. The summed E-state index contributed by atoms with van der Waals surface area (Å²) < 4.78 is 5.08. The minimum absolute atomic E-state index is 0.128. The molecular formula is C12H18ClNO2. The van der Waals surface area contributed by atoms with Gasteiger partial charge < -0.3 is 15.6 Å². The summed E-state index contributed by atoms with van der Waals surface area (Å²) in [5, 5.41) is 9.95. The number of benzene rings is 1. The number of nitrogens with two attached hydrogens (primary N) is 1. The van der Waals surface area contributed by atoms with Crippen molar-refractivity contribution in [3.8, 4) is 5.75 Å². The Bertz CT molecular complexity index is 342. The van der Waals surface area contributed by atoms with Crippen molar-refractivity contribution in [1.29, 1.82) is 0 Å². The van der Waals surface area contributed by atoms with Gasteiger partial charge in [-0.05, 0) is 43.5 Å². The Morgan fingerprint density at radius 3 is 2.62 bits per heavy atom. The molecule has 3 nitrogen and oxygen atoms in total. The fourth-order valence-corrected chi connectivity index (χ4v) is 1.98. The molecule has 1 aromatic carbocycles. The molecule has 0 aliphatic heterocycles. The second kappa shape index (κ2) is 6.09. The van der Waals surface area contributed by atoms with Crippen LogP contribution in [0.1, 0.15) is 24.8 Å². The van der Waals surface area contributed by atoms with Gasteiger partial charge >= 0.3 is 0 Å². The molecular weight excluding hydrogens is 226 g/mol. The Morgan fingerprint density at radius 1 is 1.50 bits per heavy atom. The lowest BCUT2D eigenvalue weighted by Crippen LogP contribution is -2.17. The van der Waals surface area contributed by atoms with Crippen LogP contribution < -0.4 is 10.5 Å². The molecule has 0 spiro atoms. The van der Waals surface area contributed by atoms with Crippen LogP contribution in [0.5, 0.6) is 5.75 Å². The van der Waals surface area contributed by atoms with Gasteiger partial charge in [-0.25, -0.2) is 0 Å². The zero-order chi connectivity index (χ0) is 12.1. The maximum atomic E-state index is 9.37. The Hall–Kier alpha value is -0.770. The third-order valence-electron chi connectivity index (χ3n) is 2.56. The number of aliphatic hydroxyl groups is 1. The largest absolute Gasteiger partial charge is 0.495 e. The van der Waals surface area contributed by atoms with E-state index in [1.165, 1.54) is 0 Å². The summed E-state index contributed by atoms with van der Waals surface area (Å²) in [7, 11) is 1.58. The molecule has 4 heteroatoms. The first kappa shape index (κ1) is 13.3. The van der Waals surface area contributed by atoms with Crippen molar-refractivity contribution in [3.05, 3.63) is 28.8 Å². The first-order valence-corrected chi connectivity index (χ1v) is 5.67. The van der Waals surface area contributed by atoms with Crippen molar-refractivity contribution >= 4 is 11.6 Å². The number of halogens is 1. The van der Waals surface area contributed by atoms with Crippen LogP contribution in [-0.2, 0) is 0 Å². The van der Waals surface area contributed by atoms with Crippen molar-refractivity contribution < 1.29 is 9.84 Å². The standard InChI is InChI=1S/C12H18ClNO2/c1-8(15)5-10(7-14)9-3-4-12(16-2)11(13)6-9/h3-4,6,8,10,15H,5,7,14H2,1-2H3. The van der Waals surface area contributed by atoms with Crippen molar-refractivity contribution in [1.82, 2.24) is 0 Å². The van der Waals surface area contributed by atoms with Crippen LogP contribution in [0.4, 0.5) is 0 Å². The summed E-state index contributed by atoms with van der Waals surface area (Å²) in [5.74, 6) is 0.779. The molecule has 0 aliphatic carbocycles. The third kappa shape index (κ3) is 3.37. The highest BCUT2D eigenvalue weighted by Gasteiger charge is 2.14. The normalized spacial score (nSPS) is 14.6. The zero-order valence-corrected chi connectivity index (χ0v) is 10.4. The first-order valence-electron chi connectivity index (χ1n) is 5.30. The molecule has 0 bridgehead atoms. The van der Waals surface area contributed by atoms with Crippen molar-refractivity contribution in [3.63, 3.8) is 0 Å². The molecule has 90 valence electrons. The van der Waals surface area contributed by atoms with Gasteiger partial charge in [-0.1, -0.05) is 17.7 Å². The molecule has 0 saturated heterocycles. The number of methoxy groups -OCH3 is 1.